The van der Waals surface area contributed by atoms with Crippen molar-refractivity contribution >= 4 is 0 Å². The minimum absolute atomic E-state index is 0.0694. The lowest BCUT2D eigenvalue weighted by atomic mass is 10.4. The summed E-state index contributed by atoms with van der Waals surface area (Å²) in [5.41, 5.74) is 5.30. The fraction of sp³-hybridized carbons (Fsp3) is 0.500. The quantitative estimate of drug-likeness (QED) is 0.390. The molecule has 0 spiro atoms. The zero-order valence-corrected chi connectivity index (χ0v) is 3.89. The minimum Gasteiger partial charge on any atom is -0.511 e. The van der Waals surface area contributed by atoms with E-state index in [1.807, 2.05) is 0 Å². The van der Waals surface area contributed by atoms with E-state index >= 15 is 0 Å². The van der Waals surface area contributed by atoms with E-state index in [1.54, 1.807) is 0 Å². The predicted octanol–water partition coefficient (Wildman–Crippen LogP) is -0.336. The molecule has 0 aromatic heterocycles. The van der Waals surface area contributed by atoms with Crippen LogP contribution >= 0.6 is 0 Å². The molecule has 1 atom stereocenters. The highest BCUT2D eigenvalue weighted by Crippen LogP contribution is 2.02. The number of hydrogen-bond donors (Lipinski definition) is 3. The Morgan fingerprint density at radius 3 is 2.86 bits per heavy atom. The van der Waals surface area contributed by atoms with Gasteiger partial charge in [-0.2, -0.15) is 0 Å². The molecular formula is C4H8N2O. The molecule has 0 radical (unpaired) electrons. The van der Waals surface area contributed by atoms with E-state index in [0.29, 0.717) is 12.2 Å². The highest BCUT2D eigenvalue weighted by atomic mass is 16.3. The van der Waals surface area contributed by atoms with Crippen LogP contribution in [0.5, 0.6) is 0 Å². The fourth-order valence-corrected chi connectivity index (χ4v) is 0.546. The molecule has 1 rings (SSSR count). The van der Waals surface area contributed by atoms with Crippen LogP contribution in [-0.4, -0.2) is 11.3 Å². The number of aliphatic hydroxyl groups excluding tert-OH is 1. The highest BCUT2D eigenvalue weighted by molar-refractivity contribution is 4.99. The van der Waals surface area contributed by atoms with Gasteiger partial charge in [-0.3, -0.25) is 0 Å². The summed E-state index contributed by atoms with van der Waals surface area (Å²) in [6.07, 6.45) is 2.00. The van der Waals surface area contributed by atoms with Gasteiger partial charge < -0.3 is 16.2 Å². The van der Waals surface area contributed by atoms with E-state index in [-0.39, 0.29) is 6.17 Å². The summed E-state index contributed by atoms with van der Waals surface area (Å²) < 4.78 is 0. The van der Waals surface area contributed by atoms with Crippen molar-refractivity contribution in [2.45, 2.75) is 12.6 Å². The van der Waals surface area contributed by atoms with Gasteiger partial charge in [0, 0.05) is 12.6 Å². The highest BCUT2D eigenvalue weighted by Gasteiger charge is 2.08. The largest absolute Gasteiger partial charge is 0.511 e. The monoisotopic (exact) mass is 100 g/mol. The van der Waals surface area contributed by atoms with Gasteiger partial charge in [-0.1, -0.05) is 0 Å². The number of hydrogen-bond acceptors (Lipinski definition) is 3. The van der Waals surface area contributed by atoms with Crippen LogP contribution in [-0.2, 0) is 0 Å². The molecular weight excluding hydrogens is 92.1 g/mol. The Labute approximate surface area is 41.8 Å². The van der Waals surface area contributed by atoms with Crippen LogP contribution < -0.4 is 11.1 Å². The zero-order chi connectivity index (χ0) is 5.28. The topological polar surface area (TPSA) is 58.3 Å². The molecule has 0 aliphatic carbocycles. The molecule has 0 aromatic rings. The molecule has 4 N–H and O–H groups in total. The first kappa shape index (κ1) is 4.46. The lowest BCUT2D eigenvalue weighted by Gasteiger charge is -1.98. The van der Waals surface area contributed by atoms with Crippen LogP contribution in [0.3, 0.4) is 0 Å². The van der Waals surface area contributed by atoms with E-state index in [0.717, 1.165) is 0 Å². The maximum atomic E-state index is 8.62. The number of aliphatic hydroxyl groups is 1. The van der Waals surface area contributed by atoms with E-state index in [9.17, 15) is 0 Å². The summed E-state index contributed by atoms with van der Waals surface area (Å²) in [6, 6.07) is 0. The molecule has 3 nitrogen and oxygen atoms in total. The van der Waals surface area contributed by atoms with E-state index < -0.39 is 0 Å². The third-order valence-corrected chi connectivity index (χ3v) is 0.893. The summed E-state index contributed by atoms with van der Waals surface area (Å²) in [6.45, 7) is 0. The molecule has 1 heterocycles. The summed E-state index contributed by atoms with van der Waals surface area (Å²) in [7, 11) is 0. The Kier molecular flexibility index (Phi) is 0.906. The summed E-state index contributed by atoms with van der Waals surface area (Å²) >= 11 is 0. The normalized spacial score (nSPS) is 29.3. The van der Waals surface area contributed by atoms with Crippen LogP contribution in [0.25, 0.3) is 0 Å². The minimum atomic E-state index is -0.0694. The smallest absolute Gasteiger partial charge is 0.111 e. The molecule has 0 saturated carbocycles. The van der Waals surface area contributed by atoms with Gasteiger partial charge >= 0.3 is 0 Å². The SMILES string of the molecule is NC1CC(O)=CN1. The van der Waals surface area contributed by atoms with E-state index in [1.165, 1.54) is 6.20 Å². The lowest BCUT2D eigenvalue weighted by molar-refractivity contribution is 0.390. The molecule has 0 fully saturated rings. The first-order chi connectivity index (χ1) is 3.29. The van der Waals surface area contributed by atoms with Gasteiger partial charge in [-0.15, -0.1) is 0 Å². The molecule has 0 bridgehead atoms. The van der Waals surface area contributed by atoms with Crippen molar-refractivity contribution in [3.8, 4) is 0 Å². The first-order valence-electron chi connectivity index (χ1n) is 2.18. The zero-order valence-electron chi connectivity index (χ0n) is 3.89. The van der Waals surface area contributed by atoms with Crippen molar-refractivity contribution in [1.29, 1.82) is 0 Å². The van der Waals surface area contributed by atoms with Crippen molar-refractivity contribution < 1.29 is 5.11 Å². The molecule has 1 aliphatic heterocycles. The average Bonchev–Trinajstić information content (AvgIpc) is 1.87. The molecule has 0 amide bonds. The van der Waals surface area contributed by atoms with Gasteiger partial charge in [0.05, 0.1) is 6.17 Å². The number of rotatable bonds is 0. The van der Waals surface area contributed by atoms with Crippen LogP contribution in [0.15, 0.2) is 12.0 Å². The molecule has 7 heavy (non-hydrogen) atoms. The number of nitrogens with two attached hydrogens (primary N) is 1. The van der Waals surface area contributed by atoms with E-state index in [4.69, 9.17) is 10.8 Å². The second-order valence-corrected chi connectivity index (χ2v) is 1.61. The van der Waals surface area contributed by atoms with Gasteiger partial charge in [0.1, 0.15) is 5.76 Å². The van der Waals surface area contributed by atoms with Gasteiger partial charge in [0.2, 0.25) is 0 Å². The summed E-state index contributed by atoms with van der Waals surface area (Å²) in [4.78, 5) is 0. The maximum absolute atomic E-state index is 8.62. The molecule has 1 aliphatic rings. The lowest BCUT2D eigenvalue weighted by Crippen LogP contribution is -2.28. The average molecular weight is 100 g/mol. The molecule has 0 saturated heterocycles. The van der Waals surface area contributed by atoms with Crippen LogP contribution in [0.1, 0.15) is 6.42 Å². The Balaban J connectivity index is 2.42. The van der Waals surface area contributed by atoms with Gasteiger partial charge in [0.15, 0.2) is 0 Å². The second kappa shape index (κ2) is 1.42. The van der Waals surface area contributed by atoms with Gasteiger partial charge in [0.25, 0.3) is 0 Å². The van der Waals surface area contributed by atoms with Crippen molar-refractivity contribution in [2.75, 3.05) is 0 Å². The molecule has 40 valence electrons. The fourth-order valence-electron chi connectivity index (χ4n) is 0.546. The predicted molar refractivity (Wildman–Crippen MR) is 26.4 cm³/mol. The molecule has 1 unspecified atom stereocenters. The second-order valence-electron chi connectivity index (χ2n) is 1.61. The molecule has 0 aromatic carbocycles. The standard InChI is InChI=1S/C4H8N2O/c5-4-1-3(7)2-6-4/h2,4,6-7H,1,5H2. The van der Waals surface area contributed by atoms with Crippen LogP contribution in [0.2, 0.25) is 0 Å². The Morgan fingerprint density at radius 1 is 2.00 bits per heavy atom. The van der Waals surface area contributed by atoms with Gasteiger partial charge in [-0.25, -0.2) is 0 Å². The Morgan fingerprint density at radius 2 is 2.71 bits per heavy atom. The van der Waals surface area contributed by atoms with Crippen LogP contribution in [0.4, 0.5) is 0 Å². The van der Waals surface area contributed by atoms with Crippen molar-refractivity contribution in [1.82, 2.24) is 5.32 Å². The van der Waals surface area contributed by atoms with Crippen molar-refractivity contribution in [2.24, 2.45) is 5.73 Å². The van der Waals surface area contributed by atoms with Crippen molar-refractivity contribution in [3.63, 3.8) is 0 Å². The number of nitrogens with one attached hydrogen (secondary N) is 1. The van der Waals surface area contributed by atoms with Gasteiger partial charge in [-0.05, 0) is 0 Å². The molecule has 3 heteroatoms. The van der Waals surface area contributed by atoms with Crippen LogP contribution in [0, 0.1) is 0 Å². The van der Waals surface area contributed by atoms with E-state index in [2.05, 4.69) is 5.32 Å². The third-order valence-electron chi connectivity index (χ3n) is 0.893. The van der Waals surface area contributed by atoms with Crippen molar-refractivity contribution in [3.05, 3.63) is 12.0 Å². The first-order valence-corrected chi connectivity index (χ1v) is 2.18. The third kappa shape index (κ3) is 0.838. The Bertz CT molecular complexity index is 99.9. The summed E-state index contributed by atoms with van der Waals surface area (Å²) in [5.74, 6) is 0.340. The maximum Gasteiger partial charge on any atom is 0.111 e. The summed E-state index contributed by atoms with van der Waals surface area (Å²) in [5, 5.41) is 11.4. The Hall–Kier alpha value is -0.700.